The van der Waals surface area contributed by atoms with Gasteiger partial charge in [-0.25, -0.2) is 0 Å². The molecular formula is C11H13ClN2O. The Morgan fingerprint density at radius 1 is 1.53 bits per heavy atom. The van der Waals surface area contributed by atoms with Crippen LogP contribution in [0.1, 0.15) is 5.56 Å². The molecule has 0 bridgehead atoms. The van der Waals surface area contributed by atoms with E-state index >= 15 is 0 Å². The summed E-state index contributed by atoms with van der Waals surface area (Å²) < 4.78 is 5.24. The van der Waals surface area contributed by atoms with Crippen LogP contribution in [0.4, 0.5) is 5.69 Å². The third kappa shape index (κ3) is 2.54. The van der Waals surface area contributed by atoms with Crippen molar-refractivity contribution in [2.45, 2.75) is 6.92 Å². The number of methoxy groups -OCH3 is 1. The normalized spacial score (nSPS) is 9.53. The minimum atomic E-state index is 0.301. The van der Waals surface area contributed by atoms with Crippen LogP contribution in [-0.2, 0) is 0 Å². The molecule has 0 aliphatic rings. The van der Waals surface area contributed by atoms with Gasteiger partial charge in [0.1, 0.15) is 12.3 Å². The number of anilines is 1. The lowest BCUT2D eigenvalue weighted by atomic mass is 10.2. The van der Waals surface area contributed by atoms with Gasteiger partial charge in [0.15, 0.2) is 0 Å². The number of hydrogen-bond acceptors (Lipinski definition) is 3. The van der Waals surface area contributed by atoms with Crippen molar-refractivity contribution in [3.8, 4) is 11.8 Å². The highest BCUT2D eigenvalue weighted by atomic mass is 35.5. The fraction of sp³-hybridized carbons (Fsp3) is 0.364. The average molecular weight is 225 g/mol. The average Bonchev–Trinajstić information content (AvgIpc) is 2.21. The van der Waals surface area contributed by atoms with Crippen molar-refractivity contribution in [2.75, 3.05) is 25.6 Å². The number of halogens is 1. The van der Waals surface area contributed by atoms with Gasteiger partial charge < -0.3 is 9.64 Å². The van der Waals surface area contributed by atoms with E-state index in [2.05, 4.69) is 6.07 Å². The van der Waals surface area contributed by atoms with Gasteiger partial charge in [-0.3, -0.25) is 0 Å². The number of nitriles is 1. The number of rotatable bonds is 3. The molecule has 0 N–H and O–H groups in total. The predicted molar refractivity (Wildman–Crippen MR) is 61.6 cm³/mol. The van der Waals surface area contributed by atoms with E-state index in [0.29, 0.717) is 11.6 Å². The van der Waals surface area contributed by atoms with Crippen LogP contribution >= 0.6 is 11.6 Å². The molecular weight excluding hydrogens is 212 g/mol. The number of ether oxygens (including phenoxy) is 1. The SMILES string of the molecule is COc1cc(C)c(Cl)cc1N(C)CC#N. The lowest BCUT2D eigenvalue weighted by molar-refractivity contribution is 0.415. The Balaban J connectivity index is 3.16. The number of hydrogen-bond donors (Lipinski definition) is 0. The first-order valence-corrected chi connectivity index (χ1v) is 4.90. The van der Waals surface area contributed by atoms with Crippen molar-refractivity contribution in [2.24, 2.45) is 0 Å². The summed E-state index contributed by atoms with van der Waals surface area (Å²) in [6, 6.07) is 5.76. The summed E-state index contributed by atoms with van der Waals surface area (Å²) >= 11 is 6.02. The van der Waals surface area contributed by atoms with Gasteiger partial charge in [-0.15, -0.1) is 0 Å². The largest absolute Gasteiger partial charge is 0.495 e. The van der Waals surface area contributed by atoms with Gasteiger partial charge in [-0.2, -0.15) is 5.26 Å². The summed E-state index contributed by atoms with van der Waals surface area (Å²) in [5.41, 5.74) is 1.79. The molecule has 0 fully saturated rings. The van der Waals surface area contributed by atoms with Gasteiger partial charge >= 0.3 is 0 Å². The molecule has 80 valence electrons. The molecule has 0 saturated carbocycles. The summed E-state index contributed by atoms with van der Waals surface area (Å²) in [6.45, 7) is 2.22. The molecule has 0 saturated heterocycles. The molecule has 0 atom stereocenters. The topological polar surface area (TPSA) is 36.3 Å². The number of benzene rings is 1. The molecule has 15 heavy (non-hydrogen) atoms. The van der Waals surface area contributed by atoms with Crippen molar-refractivity contribution in [1.82, 2.24) is 0 Å². The first-order valence-electron chi connectivity index (χ1n) is 4.52. The molecule has 0 unspecified atom stereocenters. The Kier molecular flexibility index (Phi) is 3.81. The van der Waals surface area contributed by atoms with Crippen LogP contribution in [0.3, 0.4) is 0 Å². The maximum absolute atomic E-state index is 8.62. The molecule has 0 aromatic heterocycles. The zero-order valence-electron chi connectivity index (χ0n) is 9.04. The molecule has 0 amide bonds. The quantitative estimate of drug-likeness (QED) is 0.741. The monoisotopic (exact) mass is 224 g/mol. The van der Waals surface area contributed by atoms with Gasteiger partial charge in [-0.1, -0.05) is 11.6 Å². The van der Waals surface area contributed by atoms with Gasteiger partial charge in [0.25, 0.3) is 0 Å². The van der Waals surface area contributed by atoms with Crippen LogP contribution in [0.15, 0.2) is 12.1 Å². The molecule has 3 nitrogen and oxygen atoms in total. The number of aryl methyl sites for hydroxylation is 1. The summed E-state index contributed by atoms with van der Waals surface area (Å²) in [5, 5.41) is 9.30. The maximum Gasteiger partial charge on any atom is 0.142 e. The highest BCUT2D eigenvalue weighted by Crippen LogP contribution is 2.32. The summed E-state index contributed by atoms with van der Waals surface area (Å²) in [5.74, 6) is 0.731. The zero-order valence-corrected chi connectivity index (χ0v) is 9.80. The van der Waals surface area contributed by atoms with Crippen molar-refractivity contribution < 1.29 is 4.74 Å². The first-order chi connectivity index (χ1) is 7.10. The fourth-order valence-corrected chi connectivity index (χ4v) is 1.46. The summed E-state index contributed by atoms with van der Waals surface area (Å²) in [7, 11) is 3.43. The molecule has 0 spiro atoms. The molecule has 1 aromatic rings. The molecule has 0 heterocycles. The Bertz CT molecular complexity index is 398. The second kappa shape index (κ2) is 4.90. The van der Waals surface area contributed by atoms with E-state index in [1.54, 1.807) is 12.0 Å². The van der Waals surface area contributed by atoms with Crippen LogP contribution in [0, 0.1) is 18.3 Å². The van der Waals surface area contributed by atoms with Crippen molar-refractivity contribution in [3.63, 3.8) is 0 Å². The third-order valence-electron chi connectivity index (χ3n) is 2.18. The minimum absolute atomic E-state index is 0.301. The molecule has 4 heteroatoms. The minimum Gasteiger partial charge on any atom is -0.495 e. The van der Waals surface area contributed by atoms with Gasteiger partial charge in [0.05, 0.1) is 18.9 Å². The lowest BCUT2D eigenvalue weighted by Crippen LogP contribution is -2.17. The molecule has 1 aromatic carbocycles. The van der Waals surface area contributed by atoms with Crippen molar-refractivity contribution >= 4 is 17.3 Å². The molecule has 1 rings (SSSR count). The first kappa shape index (κ1) is 11.7. The van der Waals surface area contributed by atoms with Crippen LogP contribution in [0.5, 0.6) is 5.75 Å². The van der Waals surface area contributed by atoms with E-state index in [0.717, 1.165) is 17.0 Å². The van der Waals surface area contributed by atoms with Crippen molar-refractivity contribution in [1.29, 1.82) is 5.26 Å². The standard InChI is InChI=1S/C11H13ClN2O/c1-8-6-11(15-3)10(7-9(8)12)14(2)5-4-13/h6-7H,5H2,1-3H3. The summed E-state index contributed by atoms with van der Waals surface area (Å²) in [6.07, 6.45) is 0. The Labute approximate surface area is 94.8 Å². The summed E-state index contributed by atoms with van der Waals surface area (Å²) in [4.78, 5) is 1.80. The van der Waals surface area contributed by atoms with E-state index in [1.165, 1.54) is 0 Å². The van der Waals surface area contributed by atoms with E-state index in [-0.39, 0.29) is 0 Å². The predicted octanol–water partition coefficient (Wildman–Crippen LogP) is 2.62. The second-order valence-corrected chi connectivity index (χ2v) is 3.69. The highest BCUT2D eigenvalue weighted by Gasteiger charge is 2.10. The third-order valence-corrected chi connectivity index (χ3v) is 2.59. The molecule has 0 aliphatic carbocycles. The molecule has 0 radical (unpaired) electrons. The van der Waals surface area contributed by atoms with Crippen LogP contribution in [0.25, 0.3) is 0 Å². The zero-order chi connectivity index (χ0) is 11.4. The second-order valence-electron chi connectivity index (χ2n) is 3.29. The Hall–Kier alpha value is -1.40. The van der Waals surface area contributed by atoms with E-state index in [1.807, 2.05) is 26.1 Å². The maximum atomic E-state index is 8.62. The highest BCUT2D eigenvalue weighted by molar-refractivity contribution is 6.31. The van der Waals surface area contributed by atoms with Crippen LogP contribution < -0.4 is 9.64 Å². The van der Waals surface area contributed by atoms with E-state index in [9.17, 15) is 0 Å². The smallest absolute Gasteiger partial charge is 0.142 e. The van der Waals surface area contributed by atoms with Gasteiger partial charge in [-0.05, 0) is 24.6 Å². The van der Waals surface area contributed by atoms with Gasteiger partial charge in [0, 0.05) is 12.1 Å². The number of nitrogens with zero attached hydrogens (tertiary/aromatic N) is 2. The lowest BCUT2D eigenvalue weighted by Gasteiger charge is -2.19. The van der Waals surface area contributed by atoms with Crippen molar-refractivity contribution in [3.05, 3.63) is 22.7 Å². The van der Waals surface area contributed by atoms with Crippen LogP contribution in [0.2, 0.25) is 5.02 Å². The van der Waals surface area contributed by atoms with Crippen LogP contribution in [-0.4, -0.2) is 20.7 Å². The Morgan fingerprint density at radius 2 is 2.20 bits per heavy atom. The molecule has 0 aliphatic heterocycles. The van der Waals surface area contributed by atoms with E-state index in [4.69, 9.17) is 21.6 Å². The van der Waals surface area contributed by atoms with E-state index < -0.39 is 0 Å². The Morgan fingerprint density at radius 3 is 2.73 bits per heavy atom. The fourth-order valence-electron chi connectivity index (χ4n) is 1.30. The van der Waals surface area contributed by atoms with Gasteiger partial charge in [0.2, 0.25) is 0 Å².